The van der Waals surface area contributed by atoms with E-state index in [1.807, 2.05) is 84.8 Å². The third kappa shape index (κ3) is 3.66. The molecule has 3 aliphatic rings. The van der Waals surface area contributed by atoms with E-state index in [0.29, 0.717) is 21.8 Å². The van der Waals surface area contributed by atoms with Gasteiger partial charge in [0.05, 0.1) is 17.0 Å². The Morgan fingerprint density at radius 2 is 1.61 bits per heavy atom. The van der Waals surface area contributed by atoms with E-state index in [0.717, 1.165) is 16.7 Å². The minimum absolute atomic E-state index is 0.194. The number of ketones is 2. The summed E-state index contributed by atoms with van der Waals surface area (Å²) in [5, 5.41) is 3.65. The van der Waals surface area contributed by atoms with E-state index in [9.17, 15) is 14.4 Å². The van der Waals surface area contributed by atoms with Crippen LogP contribution >= 0.6 is 23.2 Å². The van der Waals surface area contributed by atoms with Crippen molar-refractivity contribution in [2.75, 3.05) is 5.32 Å². The van der Waals surface area contributed by atoms with E-state index < -0.39 is 23.4 Å². The number of anilines is 1. The Morgan fingerprint density at radius 1 is 0.878 bits per heavy atom. The average molecular weight is 579 g/mol. The molecule has 1 spiro atoms. The Balaban J connectivity index is 1.54. The predicted molar refractivity (Wildman–Crippen MR) is 160 cm³/mol. The summed E-state index contributed by atoms with van der Waals surface area (Å²) in [4.78, 5) is 45.8. The Morgan fingerprint density at radius 3 is 2.39 bits per heavy atom. The van der Waals surface area contributed by atoms with E-state index in [1.165, 1.54) is 6.07 Å². The van der Waals surface area contributed by atoms with Crippen LogP contribution in [0.3, 0.4) is 0 Å². The summed E-state index contributed by atoms with van der Waals surface area (Å²) >= 11 is 12.7. The summed E-state index contributed by atoms with van der Waals surface area (Å²) < 4.78 is 0. The Kier molecular flexibility index (Phi) is 5.93. The number of hydrogen-bond donors (Lipinski definition) is 1. The molecular formula is C34H24Cl2N2O3. The van der Waals surface area contributed by atoms with Gasteiger partial charge in [-0.1, -0.05) is 95.5 Å². The maximum atomic E-state index is 14.8. The summed E-state index contributed by atoms with van der Waals surface area (Å²) in [5.74, 6) is -1.99. The highest BCUT2D eigenvalue weighted by Gasteiger charge is 2.70. The van der Waals surface area contributed by atoms with Crippen LogP contribution in [0.5, 0.6) is 0 Å². The molecule has 3 aliphatic heterocycles. The molecule has 7 rings (SSSR count). The number of carbonyl (C=O) groups excluding carboxylic acids is 3. The Bertz CT molecular complexity index is 1800. The van der Waals surface area contributed by atoms with Crippen molar-refractivity contribution in [3.8, 4) is 0 Å². The molecule has 1 saturated heterocycles. The number of amides is 1. The number of benzene rings is 4. The van der Waals surface area contributed by atoms with Crippen LogP contribution in [0.2, 0.25) is 10.0 Å². The van der Waals surface area contributed by atoms with Crippen LogP contribution in [0.1, 0.15) is 49.0 Å². The minimum atomic E-state index is -1.39. The number of nitrogens with zero attached hydrogens (tertiary/aromatic N) is 1. The molecule has 0 aliphatic carbocycles. The molecule has 0 bridgehead atoms. The van der Waals surface area contributed by atoms with Crippen molar-refractivity contribution in [3.05, 3.63) is 141 Å². The zero-order valence-electron chi connectivity index (χ0n) is 22.0. The summed E-state index contributed by atoms with van der Waals surface area (Å²) in [6, 6.07) is 25.6. The summed E-state index contributed by atoms with van der Waals surface area (Å²) in [6.07, 6.45) is 3.78. The molecule has 0 aromatic heterocycles. The molecule has 4 aromatic carbocycles. The number of nitrogens with one attached hydrogen (secondary N) is 1. The van der Waals surface area contributed by atoms with Gasteiger partial charge in [0, 0.05) is 28.0 Å². The second-order valence-electron chi connectivity index (χ2n) is 10.8. The normalized spacial score (nSPS) is 23.6. The summed E-state index contributed by atoms with van der Waals surface area (Å²) in [5.41, 5.74) is 3.45. The number of aryl methyl sites for hydroxylation is 1. The molecule has 3 heterocycles. The molecule has 1 fully saturated rings. The first-order valence-corrected chi connectivity index (χ1v) is 14.1. The van der Waals surface area contributed by atoms with Gasteiger partial charge in [-0.3, -0.25) is 14.4 Å². The molecule has 41 heavy (non-hydrogen) atoms. The molecule has 4 atom stereocenters. The number of para-hydroxylation sites is 1. The fourth-order valence-electron chi connectivity index (χ4n) is 6.91. The van der Waals surface area contributed by atoms with Crippen molar-refractivity contribution in [1.82, 2.24) is 4.90 Å². The predicted octanol–water partition coefficient (Wildman–Crippen LogP) is 7.28. The lowest BCUT2D eigenvalue weighted by molar-refractivity contribution is -0.122. The lowest BCUT2D eigenvalue weighted by atomic mass is 9.62. The third-order valence-electron chi connectivity index (χ3n) is 8.65. The lowest BCUT2D eigenvalue weighted by Crippen LogP contribution is -2.49. The van der Waals surface area contributed by atoms with Crippen molar-refractivity contribution < 1.29 is 14.4 Å². The minimum Gasteiger partial charge on any atom is -0.358 e. The smallest absolute Gasteiger partial charge is 0.238 e. The van der Waals surface area contributed by atoms with Gasteiger partial charge in [0.15, 0.2) is 11.6 Å². The summed E-state index contributed by atoms with van der Waals surface area (Å²) in [6.45, 7) is 1.95. The van der Waals surface area contributed by atoms with Crippen molar-refractivity contribution in [2.24, 2.45) is 5.92 Å². The maximum absolute atomic E-state index is 14.8. The number of fused-ring (bicyclic) bond motifs is 6. The highest BCUT2D eigenvalue weighted by atomic mass is 35.5. The van der Waals surface area contributed by atoms with Crippen LogP contribution in [-0.4, -0.2) is 28.4 Å². The van der Waals surface area contributed by atoms with Gasteiger partial charge < -0.3 is 10.2 Å². The molecule has 7 heteroatoms. The average Bonchev–Trinajstić information content (AvgIpc) is 3.45. The topological polar surface area (TPSA) is 66.5 Å². The van der Waals surface area contributed by atoms with Crippen molar-refractivity contribution >= 4 is 52.4 Å². The monoisotopic (exact) mass is 578 g/mol. The van der Waals surface area contributed by atoms with Gasteiger partial charge >= 0.3 is 0 Å². The first-order chi connectivity index (χ1) is 19.8. The lowest BCUT2D eigenvalue weighted by Gasteiger charge is -2.38. The van der Waals surface area contributed by atoms with Crippen molar-refractivity contribution in [2.45, 2.75) is 24.4 Å². The number of hydrogen-bond acceptors (Lipinski definition) is 4. The standard InChI is InChI=1S/C34H24Cl2N2O3/c1-19-10-12-21(13-11-19)30(39)28-29(31(40)24-15-14-22(35)18-26(24)36)38-17-16-20-6-2-3-7-23(20)32(38)34(28)25-8-4-5-9-27(25)37-33(34)41/h2-18,28-29,32H,1H3,(H,37,41)/t28-,29+,32-,34+/m0/s1. The first-order valence-electron chi connectivity index (χ1n) is 13.4. The molecule has 5 nitrogen and oxygen atoms in total. The number of halogens is 2. The number of Topliss-reactive ketones (excluding diaryl/α,β-unsaturated/α-hetero) is 2. The molecular weight excluding hydrogens is 555 g/mol. The van der Waals surface area contributed by atoms with E-state index in [-0.39, 0.29) is 28.1 Å². The van der Waals surface area contributed by atoms with Crippen LogP contribution in [0.4, 0.5) is 5.69 Å². The van der Waals surface area contributed by atoms with E-state index in [4.69, 9.17) is 23.2 Å². The van der Waals surface area contributed by atoms with Gasteiger partial charge in [-0.15, -0.1) is 0 Å². The highest BCUT2D eigenvalue weighted by molar-refractivity contribution is 6.37. The quantitative estimate of drug-likeness (QED) is 0.258. The number of rotatable bonds is 4. The van der Waals surface area contributed by atoms with Crippen molar-refractivity contribution in [3.63, 3.8) is 0 Å². The fourth-order valence-corrected chi connectivity index (χ4v) is 7.42. The van der Waals surface area contributed by atoms with Gasteiger partial charge in [-0.05, 0) is 54.0 Å². The van der Waals surface area contributed by atoms with Crippen LogP contribution in [0.25, 0.3) is 6.08 Å². The van der Waals surface area contributed by atoms with Gasteiger partial charge in [0.2, 0.25) is 5.91 Å². The van der Waals surface area contributed by atoms with Gasteiger partial charge in [0.1, 0.15) is 11.5 Å². The van der Waals surface area contributed by atoms with E-state index in [2.05, 4.69) is 5.32 Å². The van der Waals surface area contributed by atoms with Crippen LogP contribution in [-0.2, 0) is 10.2 Å². The van der Waals surface area contributed by atoms with Gasteiger partial charge in [0.25, 0.3) is 0 Å². The summed E-state index contributed by atoms with van der Waals surface area (Å²) in [7, 11) is 0. The maximum Gasteiger partial charge on any atom is 0.238 e. The zero-order valence-corrected chi connectivity index (χ0v) is 23.5. The molecule has 1 amide bonds. The SMILES string of the molecule is Cc1ccc(C(=O)[C@@H]2[C@H](C(=O)c3ccc(Cl)cc3Cl)N3C=Cc4ccccc4[C@H]3[C@]23C(=O)Nc2ccccc23)cc1. The van der Waals surface area contributed by atoms with E-state index in [1.54, 1.807) is 24.3 Å². The highest BCUT2D eigenvalue weighted by Crippen LogP contribution is 2.62. The first kappa shape index (κ1) is 25.8. The molecule has 202 valence electrons. The molecule has 0 unspecified atom stereocenters. The largest absolute Gasteiger partial charge is 0.358 e. The second-order valence-corrected chi connectivity index (χ2v) is 11.6. The molecule has 0 radical (unpaired) electrons. The van der Waals surface area contributed by atoms with Gasteiger partial charge in [-0.2, -0.15) is 0 Å². The van der Waals surface area contributed by atoms with Crippen LogP contribution in [0, 0.1) is 12.8 Å². The van der Waals surface area contributed by atoms with Crippen LogP contribution < -0.4 is 5.32 Å². The Labute approximate surface area is 247 Å². The fraction of sp³-hybridized carbons (Fsp3) is 0.147. The van der Waals surface area contributed by atoms with Gasteiger partial charge in [-0.25, -0.2) is 0 Å². The van der Waals surface area contributed by atoms with E-state index >= 15 is 0 Å². The van der Waals surface area contributed by atoms with Crippen LogP contribution in [0.15, 0.2) is 97.2 Å². The zero-order chi connectivity index (χ0) is 28.5. The van der Waals surface area contributed by atoms with Crippen molar-refractivity contribution in [1.29, 1.82) is 0 Å². The number of carbonyl (C=O) groups is 3. The third-order valence-corrected chi connectivity index (χ3v) is 9.20. The second kappa shape index (κ2) is 9.44. The molecule has 0 saturated carbocycles. The Hall–Kier alpha value is -4.19. The molecule has 4 aromatic rings. The molecule has 1 N–H and O–H groups in total.